The molecule has 0 aromatic carbocycles. The van der Waals surface area contributed by atoms with Crippen LogP contribution in [0.4, 0.5) is 19.0 Å². The molecule has 0 amide bonds. The van der Waals surface area contributed by atoms with Gasteiger partial charge in [0.15, 0.2) is 0 Å². The minimum absolute atomic E-state index is 0.235. The molecule has 0 aliphatic rings. The third-order valence-corrected chi connectivity index (χ3v) is 2.19. The van der Waals surface area contributed by atoms with Crippen molar-refractivity contribution in [3.63, 3.8) is 0 Å². The van der Waals surface area contributed by atoms with Gasteiger partial charge in [-0.2, -0.15) is 18.3 Å². The number of anilines is 1. The van der Waals surface area contributed by atoms with E-state index in [-0.39, 0.29) is 5.82 Å². The second-order valence-electron chi connectivity index (χ2n) is 3.58. The molecule has 7 heteroatoms. The van der Waals surface area contributed by atoms with Gasteiger partial charge in [0.25, 0.3) is 0 Å². The molecular formula is C12H9F3N4. The summed E-state index contributed by atoms with van der Waals surface area (Å²) in [5.74, 6) is 0.235. The first kappa shape index (κ1) is 13.0. The van der Waals surface area contributed by atoms with Crippen molar-refractivity contribution in [3.8, 4) is 0 Å². The summed E-state index contributed by atoms with van der Waals surface area (Å²) in [5.41, 5.74) is 2.56. The zero-order valence-corrected chi connectivity index (χ0v) is 9.59. The van der Waals surface area contributed by atoms with E-state index in [0.29, 0.717) is 0 Å². The van der Waals surface area contributed by atoms with Crippen LogP contribution in [-0.2, 0) is 6.18 Å². The van der Waals surface area contributed by atoms with E-state index < -0.39 is 11.7 Å². The molecule has 0 atom stereocenters. The van der Waals surface area contributed by atoms with Gasteiger partial charge in [-0.15, -0.1) is 0 Å². The number of halogens is 3. The molecule has 98 valence electrons. The first-order chi connectivity index (χ1) is 9.05. The van der Waals surface area contributed by atoms with Crippen molar-refractivity contribution in [2.45, 2.75) is 6.18 Å². The summed E-state index contributed by atoms with van der Waals surface area (Å²) in [6.45, 7) is 0. The highest BCUT2D eigenvalue weighted by Gasteiger charge is 2.30. The molecule has 0 aliphatic heterocycles. The van der Waals surface area contributed by atoms with Gasteiger partial charge < -0.3 is 0 Å². The molecule has 0 saturated heterocycles. The van der Waals surface area contributed by atoms with Gasteiger partial charge in [0.2, 0.25) is 0 Å². The number of pyridine rings is 2. The van der Waals surface area contributed by atoms with Crippen LogP contribution in [0.25, 0.3) is 0 Å². The third-order valence-electron chi connectivity index (χ3n) is 2.19. The number of hydrazone groups is 1. The van der Waals surface area contributed by atoms with Gasteiger partial charge in [-0.3, -0.25) is 10.4 Å². The zero-order chi connectivity index (χ0) is 13.7. The summed E-state index contributed by atoms with van der Waals surface area (Å²) in [6, 6.07) is 5.64. The average Bonchev–Trinajstić information content (AvgIpc) is 2.39. The second kappa shape index (κ2) is 5.47. The molecule has 0 aliphatic carbocycles. The van der Waals surface area contributed by atoms with Gasteiger partial charge in [-0.25, -0.2) is 4.98 Å². The first-order valence-corrected chi connectivity index (χ1v) is 5.28. The van der Waals surface area contributed by atoms with Crippen LogP contribution in [0.2, 0.25) is 0 Å². The Balaban J connectivity index is 1.99. The number of hydrogen-bond donors (Lipinski definition) is 1. The zero-order valence-electron chi connectivity index (χ0n) is 9.59. The maximum Gasteiger partial charge on any atom is 0.417 e. The average molecular weight is 266 g/mol. The van der Waals surface area contributed by atoms with E-state index in [0.717, 1.165) is 17.8 Å². The summed E-state index contributed by atoms with van der Waals surface area (Å²) >= 11 is 0. The molecule has 2 aromatic rings. The molecule has 0 fully saturated rings. The summed E-state index contributed by atoms with van der Waals surface area (Å²) < 4.78 is 36.9. The number of nitrogens with zero attached hydrogens (tertiary/aromatic N) is 3. The van der Waals surface area contributed by atoms with Crippen LogP contribution in [0.5, 0.6) is 0 Å². The lowest BCUT2D eigenvalue weighted by molar-refractivity contribution is -0.137. The topological polar surface area (TPSA) is 50.2 Å². The quantitative estimate of drug-likeness (QED) is 0.686. The fourth-order valence-corrected chi connectivity index (χ4v) is 1.25. The van der Waals surface area contributed by atoms with Crippen LogP contribution in [0.1, 0.15) is 11.1 Å². The minimum atomic E-state index is -4.38. The molecule has 1 N–H and O–H groups in total. The van der Waals surface area contributed by atoms with E-state index in [1.807, 2.05) is 0 Å². The number of rotatable bonds is 3. The molecule has 0 unspecified atom stereocenters. The third kappa shape index (κ3) is 3.77. The standard InChI is InChI=1S/C12H9F3N4/c13-12(14,15)10-1-2-11(17-8-10)19-18-7-9-3-5-16-6-4-9/h1-8H,(H,17,19)/b18-7+. The Labute approximate surface area is 107 Å². The highest BCUT2D eigenvalue weighted by Crippen LogP contribution is 2.28. The Morgan fingerprint density at radius 2 is 1.84 bits per heavy atom. The highest BCUT2D eigenvalue weighted by atomic mass is 19.4. The van der Waals surface area contributed by atoms with Gasteiger partial charge in [0.05, 0.1) is 11.8 Å². The maximum absolute atomic E-state index is 12.3. The van der Waals surface area contributed by atoms with Crippen molar-refractivity contribution in [1.29, 1.82) is 0 Å². The van der Waals surface area contributed by atoms with E-state index in [9.17, 15) is 13.2 Å². The molecular weight excluding hydrogens is 257 g/mol. The maximum atomic E-state index is 12.3. The number of alkyl halides is 3. The van der Waals surface area contributed by atoms with Crippen LogP contribution < -0.4 is 5.43 Å². The van der Waals surface area contributed by atoms with Crippen molar-refractivity contribution >= 4 is 12.0 Å². The fraction of sp³-hybridized carbons (Fsp3) is 0.0833. The van der Waals surface area contributed by atoms with E-state index in [1.165, 1.54) is 12.3 Å². The summed E-state index contributed by atoms with van der Waals surface area (Å²) in [4.78, 5) is 7.46. The van der Waals surface area contributed by atoms with Crippen molar-refractivity contribution in [3.05, 3.63) is 54.0 Å². The van der Waals surface area contributed by atoms with Gasteiger partial charge in [0.1, 0.15) is 5.82 Å². The predicted octanol–water partition coefficient (Wildman–Crippen LogP) is 2.94. The predicted molar refractivity (Wildman–Crippen MR) is 64.7 cm³/mol. The van der Waals surface area contributed by atoms with Crippen molar-refractivity contribution < 1.29 is 13.2 Å². The molecule has 0 spiro atoms. The summed E-state index contributed by atoms with van der Waals surface area (Å²) in [6.07, 6.45) is 1.10. The van der Waals surface area contributed by atoms with Crippen LogP contribution in [0, 0.1) is 0 Å². The number of nitrogens with one attached hydrogen (secondary N) is 1. The van der Waals surface area contributed by atoms with Crippen LogP contribution in [0.15, 0.2) is 48.0 Å². The van der Waals surface area contributed by atoms with Crippen LogP contribution >= 0.6 is 0 Å². The van der Waals surface area contributed by atoms with E-state index in [4.69, 9.17) is 0 Å². The molecule has 0 radical (unpaired) electrons. The molecule has 19 heavy (non-hydrogen) atoms. The van der Waals surface area contributed by atoms with E-state index in [2.05, 4.69) is 20.5 Å². The Morgan fingerprint density at radius 1 is 1.11 bits per heavy atom. The van der Waals surface area contributed by atoms with Crippen LogP contribution in [0.3, 0.4) is 0 Å². The van der Waals surface area contributed by atoms with Crippen LogP contribution in [-0.4, -0.2) is 16.2 Å². The Hall–Kier alpha value is -2.44. The van der Waals surface area contributed by atoms with E-state index in [1.54, 1.807) is 24.5 Å². The van der Waals surface area contributed by atoms with Crippen molar-refractivity contribution in [1.82, 2.24) is 9.97 Å². The lowest BCUT2D eigenvalue weighted by atomic mass is 10.3. The summed E-state index contributed by atoms with van der Waals surface area (Å²) in [5, 5.41) is 3.86. The largest absolute Gasteiger partial charge is 0.417 e. The Bertz CT molecular complexity index is 549. The molecule has 2 rings (SSSR count). The van der Waals surface area contributed by atoms with Crippen molar-refractivity contribution in [2.24, 2.45) is 5.10 Å². The monoisotopic (exact) mass is 266 g/mol. The highest BCUT2D eigenvalue weighted by molar-refractivity contribution is 5.79. The smallest absolute Gasteiger partial charge is 0.265 e. The normalized spacial score (nSPS) is 11.7. The molecule has 0 bridgehead atoms. The SMILES string of the molecule is FC(F)(F)c1ccc(N/N=C/c2ccncc2)nc1. The Kier molecular flexibility index (Phi) is 3.74. The number of aromatic nitrogens is 2. The molecule has 2 heterocycles. The van der Waals surface area contributed by atoms with Gasteiger partial charge in [-0.05, 0) is 29.8 Å². The van der Waals surface area contributed by atoms with E-state index >= 15 is 0 Å². The summed E-state index contributed by atoms with van der Waals surface area (Å²) in [7, 11) is 0. The lowest BCUT2D eigenvalue weighted by Crippen LogP contribution is -2.05. The van der Waals surface area contributed by atoms with Crippen molar-refractivity contribution in [2.75, 3.05) is 5.43 Å². The fourth-order valence-electron chi connectivity index (χ4n) is 1.25. The molecule has 2 aromatic heterocycles. The van der Waals surface area contributed by atoms with Gasteiger partial charge >= 0.3 is 6.18 Å². The molecule has 0 saturated carbocycles. The lowest BCUT2D eigenvalue weighted by Gasteiger charge is -2.06. The van der Waals surface area contributed by atoms with Gasteiger partial charge in [-0.1, -0.05) is 0 Å². The first-order valence-electron chi connectivity index (χ1n) is 5.28. The Morgan fingerprint density at radius 3 is 2.42 bits per heavy atom. The van der Waals surface area contributed by atoms with Gasteiger partial charge in [0, 0.05) is 18.6 Å². The molecule has 4 nitrogen and oxygen atoms in total. The number of hydrogen-bond acceptors (Lipinski definition) is 4. The second-order valence-corrected chi connectivity index (χ2v) is 3.58. The minimum Gasteiger partial charge on any atom is -0.265 e.